The highest BCUT2D eigenvalue weighted by molar-refractivity contribution is 6.02. The van der Waals surface area contributed by atoms with Gasteiger partial charge in [0, 0.05) is 11.4 Å². The molecule has 0 aliphatic heterocycles. The number of ether oxygens (including phenoxy) is 1. The number of aromatic nitrogens is 2. The van der Waals surface area contributed by atoms with Crippen LogP contribution in [0.25, 0.3) is 0 Å². The van der Waals surface area contributed by atoms with Crippen LogP contribution in [0.4, 0.5) is 17.2 Å². The number of carbonyl (C=O) groups is 1. The van der Waals surface area contributed by atoms with Gasteiger partial charge in [-0.05, 0) is 69.2 Å². The van der Waals surface area contributed by atoms with Gasteiger partial charge >= 0.3 is 0 Å². The fourth-order valence-corrected chi connectivity index (χ4v) is 2.60. The Morgan fingerprint density at radius 3 is 2.39 bits per heavy atom. The van der Waals surface area contributed by atoms with E-state index in [0.29, 0.717) is 11.5 Å². The third-order valence-corrected chi connectivity index (χ3v) is 4.02. The lowest BCUT2D eigenvalue weighted by atomic mass is 10.1. The number of nitrogens with zero attached hydrogens (tertiary/aromatic N) is 2. The van der Waals surface area contributed by atoms with Crippen molar-refractivity contribution in [1.29, 1.82) is 0 Å². The van der Waals surface area contributed by atoms with E-state index in [2.05, 4.69) is 26.7 Å². The lowest BCUT2D eigenvalue weighted by molar-refractivity contribution is 0.102. The monoisotopic (exact) mass is 376 g/mol. The summed E-state index contributed by atoms with van der Waals surface area (Å²) >= 11 is 0. The summed E-state index contributed by atoms with van der Waals surface area (Å²) < 4.78 is 5.59. The molecule has 0 aliphatic rings. The number of nitrogens with one attached hydrogen (secondary N) is 2. The van der Waals surface area contributed by atoms with E-state index in [-0.39, 0.29) is 17.7 Å². The molecule has 6 heteroatoms. The first-order chi connectivity index (χ1) is 13.4. The summed E-state index contributed by atoms with van der Waals surface area (Å²) in [6, 6.07) is 13.4. The molecular weight excluding hydrogens is 352 g/mol. The van der Waals surface area contributed by atoms with Gasteiger partial charge in [0.25, 0.3) is 5.91 Å². The van der Waals surface area contributed by atoms with Gasteiger partial charge < -0.3 is 15.4 Å². The molecule has 0 radical (unpaired) electrons. The Morgan fingerprint density at radius 1 is 1.00 bits per heavy atom. The average Bonchev–Trinajstić information content (AvgIpc) is 2.66. The number of carbonyl (C=O) groups excluding carboxylic acids is 1. The SMILES string of the molecule is Cc1ccc(C)c(Nc2cnc(C(=O)Nc3ccc(OC(C)C)cc3)cn2)c1. The molecule has 2 N–H and O–H groups in total. The van der Waals surface area contributed by atoms with Crippen molar-refractivity contribution in [2.24, 2.45) is 0 Å². The van der Waals surface area contributed by atoms with Gasteiger partial charge in [-0.1, -0.05) is 12.1 Å². The third-order valence-electron chi connectivity index (χ3n) is 4.02. The van der Waals surface area contributed by atoms with E-state index in [1.165, 1.54) is 6.20 Å². The minimum absolute atomic E-state index is 0.103. The van der Waals surface area contributed by atoms with Crippen molar-refractivity contribution in [2.75, 3.05) is 10.6 Å². The Hall–Kier alpha value is -3.41. The Balaban J connectivity index is 1.64. The summed E-state index contributed by atoms with van der Waals surface area (Å²) in [4.78, 5) is 20.9. The van der Waals surface area contributed by atoms with Gasteiger partial charge in [-0.25, -0.2) is 9.97 Å². The van der Waals surface area contributed by atoms with Gasteiger partial charge in [-0.15, -0.1) is 0 Å². The molecule has 28 heavy (non-hydrogen) atoms. The van der Waals surface area contributed by atoms with E-state index in [1.54, 1.807) is 18.3 Å². The van der Waals surface area contributed by atoms with E-state index in [0.717, 1.165) is 22.6 Å². The Labute approximate surface area is 165 Å². The number of anilines is 3. The highest BCUT2D eigenvalue weighted by Crippen LogP contribution is 2.20. The first-order valence-electron chi connectivity index (χ1n) is 9.15. The standard InChI is InChI=1S/C22H24N4O2/c1-14(2)28-18-9-7-17(8-10-18)25-22(27)20-12-24-21(13-23-20)26-19-11-15(3)5-6-16(19)4/h5-14H,1-4H3,(H,24,26)(H,25,27). The summed E-state index contributed by atoms with van der Waals surface area (Å²) in [6.07, 6.45) is 3.11. The van der Waals surface area contributed by atoms with Crippen molar-refractivity contribution >= 4 is 23.1 Å². The summed E-state index contributed by atoms with van der Waals surface area (Å²) in [5, 5.41) is 6.04. The molecule has 3 rings (SSSR count). The van der Waals surface area contributed by atoms with Crippen LogP contribution >= 0.6 is 0 Å². The van der Waals surface area contributed by atoms with Crippen molar-refractivity contribution in [1.82, 2.24) is 9.97 Å². The maximum Gasteiger partial charge on any atom is 0.275 e. The van der Waals surface area contributed by atoms with Crippen LogP contribution in [0.15, 0.2) is 54.9 Å². The second-order valence-corrected chi connectivity index (χ2v) is 6.88. The second kappa shape index (κ2) is 8.52. The zero-order chi connectivity index (χ0) is 20.1. The lowest BCUT2D eigenvalue weighted by Crippen LogP contribution is -2.14. The van der Waals surface area contributed by atoms with Crippen molar-refractivity contribution < 1.29 is 9.53 Å². The molecule has 0 aliphatic carbocycles. The highest BCUT2D eigenvalue weighted by atomic mass is 16.5. The van der Waals surface area contributed by atoms with Gasteiger partial charge in [-0.3, -0.25) is 4.79 Å². The second-order valence-electron chi connectivity index (χ2n) is 6.88. The summed E-state index contributed by atoms with van der Waals surface area (Å²) in [6.45, 7) is 7.99. The van der Waals surface area contributed by atoms with Crippen LogP contribution in [0.1, 0.15) is 35.5 Å². The van der Waals surface area contributed by atoms with Gasteiger partial charge in [0.15, 0.2) is 0 Å². The van der Waals surface area contributed by atoms with Gasteiger partial charge in [0.05, 0.1) is 18.5 Å². The van der Waals surface area contributed by atoms with Crippen LogP contribution < -0.4 is 15.4 Å². The molecule has 0 saturated heterocycles. The van der Waals surface area contributed by atoms with Crippen molar-refractivity contribution in [3.8, 4) is 5.75 Å². The van der Waals surface area contributed by atoms with Crippen LogP contribution in [0, 0.1) is 13.8 Å². The quantitative estimate of drug-likeness (QED) is 0.641. The third kappa shape index (κ3) is 5.07. The van der Waals surface area contributed by atoms with Gasteiger partial charge in [-0.2, -0.15) is 0 Å². The molecule has 0 saturated carbocycles. The highest BCUT2D eigenvalue weighted by Gasteiger charge is 2.09. The van der Waals surface area contributed by atoms with E-state index < -0.39 is 0 Å². The molecule has 0 spiro atoms. The molecule has 2 aromatic carbocycles. The fourth-order valence-electron chi connectivity index (χ4n) is 2.60. The Bertz CT molecular complexity index is 951. The number of benzene rings is 2. The van der Waals surface area contributed by atoms with Crippen LogP contribution in [0.3, 0.4) is 0 Å². The van der Waals surface area contributed by atoms with Crippen LogP contribution in [0.5, 0.6) is 5.75 Å². The molecule has 0 fully saturated rings. The topological polar surface area (TPSA) is 76.1 Å². The van der Waals surface area contributed by atoms with Crippen LogP contribution in [0.2, 0.25) is 0 Å². The number of aryl methyl sites for hydroxylation is 2. The van der Waals surface area contributed by atoms with E-state index in [1.807, 2.05) is 52.0 Å². The van der Waals surface area contributed by atoms with E-state index >= 15 is 0 Å². The normalized spacial score (nSPS) is 10.6. The molecule has 0 bridgehead atoms. The smallest absolute Gasteiger partial charge is 0.275 e. The molecule has 0 unspecified atom stereocenters. The van der Waals surface area contributed by atoms with Crippen molar-refractivity contribution in [3.05, 3.63) is 71.7 Å². The maximum absolute atomic E-state index is 12.4. The van der Waals surface area contributed by atoms with Gasteiger partial charge in [0.1, 0.15) is 17.3 Å². The van der Waals surface area contributed by atoms with Gasteiger partial charge in [0.2, 0.25) is 0 Å². The fraction of sp³-hybridized carbons (Fsp3) is 0.227. The maximum atomic E-state index is 12.4. The molecule has 0 atom stereocenters. The molecule has 3 aromatic rings. The van der Waals surface area contributed by atoms with Crippen molar-refractivity contribution in [3.63, 3.8) is 0 Å². The van der Waals surface area contributed by atoms with Crippen LogP contribution in [-0.4, -0.2) is 22.0 Å². The Kier molecular flexibility index (Phi) is 5.89. The average molecular weight is 376 g/mol. The first-order valence-corrected chi connectivity index (χ1v) is 9.15. The lowest BCUT2D eigenvalue weighted by Gasteiger charge is -2.11. The predicted octanol–water partition coefficient (Wildman–Crippen LogP) is 4.88. The minimum atomic E-state index is -0.316. The zero-order valence-corrected chi connectivity index (χ0v) is 16.5. The molecule has 144 valence electrons. The Morgan fingerprint density at radius 2 is 1.75 bits per heavy atom. The number of hydrogen-bond acceptors (Lipinski definition) is 5. The summed E-state index contributed by atoms with van der Waals surface area (Å²) in [7, 11) is 0. The predicted molar refractivity (Wildman–Crippen MR) is 111 cm³/mol. The number of amides is 1. The summed E-state index contributed by atoms with van der Waals surface area (Å²) in [5.74, 6) is 1.03. The molecule has 1 heterocycles. The largest absolute Gasteiger partial charge is 0.491 e. The number of rotatable bonds is 6. The zero-order valence-electron chi connectivity index (χ0n) is 16.5. The first kappa shape index (κ1) is 19.4. The molecule has 6 nitrogen and oxygen atoms in total. The van der Waals surface area contributed by atoms with Crippen molar-refractivity contribution in [2.45, 2.75) is 33.8 Å². The molecular formula is C22H24N4O2. The molecule has 1 aromatic heterocycles. The molecule has 1 amide bonds. The van der Waals surface area contributed by atoms with E-state index in [4.69, 9.17) is 4.74 Å². The summed E-state index contributed by atoms with van der Waals surface area (Å²) in [5.41, 5.74) is 4.14. The van der Waals surface area contributed by atoms with Crippen LogP contribution in [-0.2, 0) is 0 Å². The number of hydrogen-bond donors (Lipinski definition) is 2. The van der Waals surface area contributed by atoms with E-state index in [9.17, 15) is 4.79 Å². The minimum Gasteiger partial charge on any atom is -0.491 e.